The van der Waals surface area contributed by atoms with Crippen molar-refractivity contribution in [2.24, 2.45) is 0 Å². The largest absolute Gasteiger partial charge is 0.312 e. The molecular formula is C14H10N2. The predicted octanol–water partition coefficient (Wildman–Crippen LogP) is 3.33. The summed E-state index contributed by atoms with van der Waals surface area (Å²) in [5.41, 5.74) is 2.07. The van der Waals surface area contributed by atoms with Gasteiger partial charge in [0, 0.05) is 5.56 Å². The summed E-state index contributed by atoms with van der Waals surface area (Å²) in [6.07, 6.45) is 0.415. The van der Waals surface area contributed by atoms with Crippen LogP contribution in [0, 0.1) is 17.9 Å². The zero-order chi connectivity index (χ0) is 11.4. The average Bonchev–Trinajstić information content (AvgIpc) is 2.33. The second-order valence-corrected chi connectivity index (χ2v) is 3.58. The summed E-state index contributed by atoms with van der Waals surface area (Å²) in [6.45, 7) is 7.32. The van der Waals surface area contributed by atoms with Crippen LogP contribution in [0.25, 0.3) is 15.6 Å². The summed E-state index contributed by atoms with van der Waals surface area (Å²) in [5, 5.41) is 10.9. The van der Waals surface area contributed by atoms with Crippen LogP contribution < -0.4 is 0 Å². The van der Waals surface area contributed by atoms with Gasteiger partial charge < -0.3 is 4.85 Å². The number of hydrogen-bond acceptors (Lipinski definition) is 1. The van der Waals surface area contributed by atoms with Crippen LogP contribution in [0.4, 0.5) is 0 Å². The van der Waals surface area contributed by atoms with Gasteiger partial charge in [-0.25, -0.2) is 6.57 Å². The zero-order valence-corrected chi connectivity index (χ0v) is 8.77. The molecule has 16 heavy (non-hydrogen) atoms. The van der Waals surface area contributed by atoms with E-state index in [1.54, 1.807) is 0 Å². The standard InChI is InChI=1S/C14H10N2/c1-16-10-12-7-6-11(8-9-15)13-4-2-3-5-14(12)13/h2-7H,8,10H2. The van der Waals surface area contributed by atoms with Crippen molar-refractivity contribution in [1.82, 2.24) is 0 Å². The third-order valence-electron chi connectivity index (χ3n) is 2.62. The highest BCUT2D eigenvalue weighted by Gasteiger charge is 2.06. The molecule has 0 aromatic heterocycles. The topological polar surface area (TPSA) is 28.1 Å². The van der Waals surface area contributed by atoms with Gasteiger partial charge in [0.15, 0.2) is 0 Å². The second-order valence-electron chi connectivity index (χ2n) is 3.58. The number of nitriles is 1. The maximum absolute atomic E-state index is 8.75. The molecule has 0 atom stereocenters. The summed E-state index contributed by atoms with van der Waals surface area (Å²) in [5.74, 6) is 0. The van der Waals surface area contributed by atoms with Gasteiger partial charge in [0.1, 0.15) is 0 Å². The maximum Gasteiger partial charge on any atom is 0.240 e. The van der Waals surface area contributed by atoms with E-state index in [1.807, 2.05) is 36.4 Å². The minimum atomic E-state index is 0.396. The monoisotopic (exact) mass is 206 g/mol. The first-order valence-electron chi connectivity index (χ1n) is 5.06. The lowest BCUT2D eigenvalue weighted by Gasteiger charge is -2.05. The SMILES string of the molecule is [C-]#[N+]Cc1ccc(CC#N)c2ccccc12. The lowest BCUT2D eigenvalue weighted by molar-refractivity contribution is 1.25. The van der Waals surface area contributed by atoms with E-state index < -0.39 is 0 Å². The number of rotatable bonds is 2. The molecule has 0 saturated carbocycles. The molecule has 0 heterocycles. The normalized spacial score (nSPS) is 9.62. The predicted molar refractivity (Wildman–Crippen MR) is 63.6 cm³/mol. The van der Waals surface area contributed by atoms with Crippen LogP contribution >= 0.6 is 0 Å². The van der Waals surface area contributed by atoms with Crippen LogP contribution in [0.2, 0.25) is 0 Å². The Morgan fingerprint density at radius 1 is 1.06 bits per heavy atom. The van der Waals surface area contributed by atoms with Crippen LogP contribution in [-0.2, 0) is 13.0 Å². The van der Waals surface area contributed by atoms with Gasteiger partial charge in [-0.2, -0.15) is 5.26 Å². The van der Waals surface area contributed by atoms with Crippen molar-refractivity contribution in [3.63, 3.8) is 0 Å². The van der Waals surface area contributed by atoms with E-state index in [1.165, 1.54) is 0 Å². The Hall–Kier alpha value is -2.32. The van der Waals surface area contributed by atoms with Crippen LogP contribution in [0.1, 0.15) is 11.1 Å². The fourth-order valence-corrected chi connectivity index (χ4v) is 1.89. The van der Waals surface area contributed by atoms with Gasteiger partial charge in [0.2, 0.25) is 6.54 Å². The van der Waals surface area contributed by atoms with Crippen molar-refractivity contribution >= 4 is 10.8 Å². The number of nitrogens with zero attached hydrogens (tertiary/aromatic N) is 2. The number of benzene rings is 2. The van der Waals surface area contributed by atoms with Crippen LogP contribution in [0.15, 0.2) is 36.4 Å². The van der Waals surface area contributed by atoms with E-state index in [4.69, 9.17) is 11.8 Å². The molecule has 2 heteroatoms. The van der Waals surface area contributed by atoms with Gasteiger partial charge in [-0.15, -0.1) is 0 Å². The van der Waals surface area contributed by atoms with Crippen molar-refractivity contribution in [1.29, 1.82) is 5.26 Å². The Morgan fingerprint density at radius 2 is 1.69 bits per heavy atom. The lowest BCUT2D eigenvalue weighted by Crippen LogP contribution is -1.89. The van der Waals surface area contributed by atoms with E-state index in [-0.39, 0.29) is 0 Å². The summed E-state index contributed by atoms with van der Waals surface area (Å²) in [4.78, 5) is 3.42. The van der Waals surface area contributed by atoms with Gasteiger partial charge in [-0.1, -0.05) is 36.4 Å². The molecule has 2 nitrogen and oxygen atoms in total. The fourth-order valence-electron chi connectivity index (χ4n) is 1.89. The zero-order valence-electron chi connectivity index (χ0n) is 8.77. The highest BCUT2D eigenvalue weighted by Crippen LogP contribution is 2.23. The first-order chi connectivity index (χ1) is 7.86. The Balaban J connectivity index is 2.69. The minimum Gasteiger partial charge on any atom is -0.312 e. The Kier molecular flexibility index (Phi) is 2.85. The maximum atomic E-state index is 8.75. The molecule has 0 fully saturated rings. The summed E-state index contributed by atoms with van der Waals surface area (Å²) in [7, 11) is 0. The van der Waals surface area contributed by atoms with Crippen LogP contribution in [0.3, 0.4) is 0 Å². The van der Waals surface area contributed by atoms with Crippen molar-refractivity contribution in [3.05, 3.63) is 58.9 Å². The molecule has 2 aromatic carbocycles. The first kappa shape index (κ1) is 10.2. The van der Waals surface area contributed by atoms with E-state index in [2.05, 4.69) is 10.9 Å². The average molecular weight is 206 g/mol. The molecule has 0 amide bonds. The van der Waals surface area contributed by atoms with Crippen molar-refractivity contribution in [2.75, 3.05) is 0 Å². The molecule has 2 rings (SSSR count). The molecule has 0 spiro atoms. The van der Waals surface area contributed by atoms with Crippen LogP contribution in [0.5, 0.6) is 0 Å². The van der Waals surface area contributed by atoms with Crippen molar-refractivity contribution < 1.29 is 0 Å². The first-order valence-corrected chi connectivity index (χ1v) is 5.06. The van der Waals surface area contributed by atoms with Gasteiger partial charge in [-0.05, 0) is 16.3 Å². The molecule has 0 aliphatic carbocycles. The van der Waals surface area contributed by atoms with E-state index in [0.29, 0.717) is 13.0 Å². The molecule has 0 N–H and O–H groups in total. The summed E-state index contributed by atoms with van der Waals surface area (Å²) >= 11 is 0. The number of hydrogen-bond donors (Lipinski definition) is 0. The van der Waals surface area contributed by atoms with Gasteiger partial charge in [0.05, 0.1) is 12.5 Å². The van der Waals surface area contributed by atoms with Crippen LogP contribution in [-0.4, -0.2) is 0 Å². The van der Waals surface area contributed by atoms with Gasteiger partial charge in [-0.3, -0.25) is 0 Å². The third-order valence-corrected chi connectivity index (χ3v) is 2.62. The molecular weight excluding hydrogens is 196 g/mol. The second kappa shape index (κ2) is 4.47. The Bertz CT molecular complexity index is 546. The molecule has 0 saturated heterocycles. The molecule has 0 aliphatic heterocycles. The van der Waals surface area contributed by atoms with Gasteiger partial charge in [0.25, 0.3) is 0 Å². The van der Waals surface area contributed by atoms with E-state index in [9.17, 15) is 0 Å². The number of fused-ring (bicyclic) bond motifs is 1. The molecule has 0 unspecified atom stereocenters. The summed E-state index contributed by atoms with van der Waals surface area (Å²) in [6, 6.07) is 14.0. The smallest absolute Gasteiger partial charge is 0.240 e. The van der Waals surface area contributed by atoms with Crippen molar-refractivity contribution in [2.45, 2.75) is 13.0 Å². The third kappa shape index (κ3) is 1.74. The van der Waals surface area contributed by atoms with E-state index >= 15 is 0 Å². The minimum absolute atomic E-state index is 0.396. The molecule has 2 aromatic rings. The lowest BCUT2D eigenvalue weighted by atomic mass is 9.98. The molecule has 0 bridgehead atoms. The summed E-state index contributed by atoms with van der Waals surface area (Å²) < 4.78 is 0. The quantitative estimate of drug-likeness (QED) is 0.693. The Labute approximate surface area is 94.6 Å². The highest BCUT2D eigenvalue weighted by atomic mass is 14.6. The highest BCUT2D eigenvalue weighted by molar-refractivity contribution is 5.89. The van der Waals surface area contributed by atoms with E-state index in [0.717, 1.165) is 21.9 Å². The van der Waals surface area contributed by atoms with Gasteiger partial charge >= 0.3 is 0 Å². The fraction of sp³-hybridized carbons (Fsp3) is 0.143. The van der Waals surface area contributed by atoms with Crippen molar-refractivity contribution in [3.8, 4) is 6.07 Å². The molecule has 76 valence electrons. The Morgan fingerprint density at radius 3 is 2.31 bits per heavy atom. The molecule has 0 radical (unpaired) electrons. The molecule has 0 aliphatic rings.